The average Bonchev–Trinajstić information content (AvgIpc) is 2.75. The van der Waals surface area contributed by atoms with Crippen LogP contribution in [0.3, 0.4) is 0 Å². The van der Waals surface area contributed by atoms with Gasteiger partial charge in [-0.3, -0.25) is 0 Å². The maximum Gasteiger partial charge on any atom is 0.247 e. The van der Waals surface area contributed by atoms with Gasteiger partial charge in [-0.05, 0) is 57.0 Å². The van der Waals surface area contributed by atoms with Gasteiger partial charge in [-0.15, -0.1) is 5.10 Å². The van der Waals surface area contributed by atoms with Crippen LogP contribution in [-0.4, -0.2) is 34.8 Å². The number of nitrogens with one attached hydrogen (secondary N) is 1. The number of anilines is 4. The lowest BCUT2D eigenvalue weighted by Gasteiger charge is -2.23. The zero-order chi connectivity index (χ0) is 20.6. The van der Waals surface area contributed by atoms with Crippen LogP contribution in [0.1, 0.15) is 31.9 Å². The molecule has 29 heavy (non-hydrogen) atoms. The van der Waals surface area contributed by atoms with Crippen molar-refractivity contribution >= 4 is 23.1 Å². The van der Waals surface area contributed by atoms with E-state index >= 15 is 0 Å². The molecule has 0 saturated carbocycles. The van der Waals surface area contributed by atoms with Gasteiger partial charge < -0.3 is 15.1 Å². The first kappa shape index (κ1) is 20.6. The molecule has 152 valence electrons. The third kappa shape index (κ3) is 5.22. The molecule has 0 radical (unpaired) electrons. The van der Waals surface area contributed by atoms with E-state index in [2.05, 4.69) is 83.3 Å². The molecule has 6 heteroatoms. The normalized spacial score (nSPS) is 10.6. The van der Waals surface area contributed by atoms with Gasteiger partial charge in [-0.2, -0.15) is 10.1 Å². The van der Waals surface area contributed by atoms with Crippen LogP contribution in [0.15, 0.2) is 54.7 Å². The van der Waals surface area contributed by atoms with Crippen molar-refractivity contribution in [1.82, 2.24) is 15.2 Å². The Morgan fingerprint density at radius 3 is 2.28 bits per heavy atom. The van der Waals surface area contributed by atoms with E-state index in [9.17, 15) is 0 Å². The molecule has 0 aliphatic rings. The molecule has 2 aromatic carbocycles. The Morgan fingerprint density at radius 2 is 1.62 bits per heavy atom. The quantitative estimate of drug-likeness (QED) is 0.567. The van der Waals surface area contributed by atoms with Crippen molar-refractivity contribution < 1.29 is 0 Å². The van der Waals surface area contributed by atoms with Crippen molar-refractivity contribution in [3.63, 3.8) is 0 Å². The molecule has 1 heterocycles. The SMILES string of the molecule is CCN(CC)c1ccc(Nc2cnnc(N(CC)Cc3ccccc3)n2)c(C)c1. The molecule has 3 aromatic rings. The summed E-state index contributed by atoms with van der Waals surface area (Å²) >= 11 is 0. The highest BCUT2D eigenvalue weighted by molar-refractivity contribution is 5.65. The van der Waals surface area contributed by atoms with Gasteiger partial charge in [-0.25, -0.2) is 0 Å². The third-order valence-electron chi connectivity index (χ3n) is 5.03. The maximum absolute atomic E-state index is 4.70. The molecule has 0 saturated heterocycles. The van der Waals surface area contributed by atoms with E-state index in [4.69, 9.17) is 4.98 Å². The third-order valence-corrected chi connectivity index (χ3v) is 5.03. The van der Waals surface area contributed by atoms with Crippen molar-refractivity contribution in [2.45, 2.75) is 34.2 Å². The van der Waals surface area contributed by atoms with Crippen molar-refractivity contribution in [2.24, 2.45) is 0 Å². The smallest absolute Gasteiger partial charge is 0.247 e. The highest BCUT2D eigenvalue weighted by atomic mass is 15.3. The van der Waals surface area contributed by atoms with Gasteiger partial charge in [-0.1, -0.05) is 30.3 Å². The van der Waals surface area contributed by atoms with Crippen molar-refractivity contribution in [1.29, 1.82) is 0 Å². The second-order valence-corrected chi connectivity index (χ2v) is 6.94. The van der Waals surface area contributed by atoms with Crippen molar-refractivity contribution in [3.05, 3.63) is 65.9 Å². The summed E-state index contributed by atoms with van der Waals surface area (Å²) in [5.74, 6) is 1.32. The van der Waals surface area contributed by atoms with E-state index in [0.717, 1.165) is 31.9 Å². The fraction of sp³-hybridized carbons (Fsp3) is 0.348. The molecule has 0 bridgehead atoms. The lowest BCUT2D eigenvalue weighted by Crippen LogP contribution is -2.24. The molecule has 0 fully saturated rings. The maximum atomic E-state index is 4.70. The van der Waals surface area contributed by atoms with Gasteiger partial charge in [0.1, 0.15) is 0 Å². The molecule has 0 spiro atoms. The first-order valence-corrected chi connectivity index (χ1v) is 10.3. The number of hydrogen-bond acceptors (Lipinski definition) is 6. The van der Waals surface area contributed by atoms with Crippen LogP contribution in [0.2, 0.25) is 0 Å². The van der Waals surface area contributed by atoms with Gasteiger partial charge in [0.25, 0.3) is 0 Å². The summed E-state index contributed by atoms with van der Waals surface area (Å²) in [6, 6.07) is 16.8. The van der Waals surface area contributed by atoms with Crippen molar-refractivity contribution in [2.75, 3.05) is 34.8 Å². The van der Waals surface area contributed by atoms with Gasteiger partial charge in [0.05, 0.1) is 6.20 Å². The highest BCUT2D eigenvalue weighted by Gasteiger charge is 2.11. The minimum absolute atomic E-state index is 0.624. The van der Waals surface area contributed by atoms with E-state index < -0.39 is 0 Å². The van der Waals surface area contributed by atoms with Crippen LogP contribution in [0.5, 0.6) is 0 Å². The van der Waals surface area contributed by atoms with Gasteiger partial charge in [0.2, 0.25) is 5.95 Å². The lowest BCUT2D eigenvalue weighted by atomic mass is 10.1. The Kier molecular flexibility index (Phi) is 7.00. The molecule has 6 nitrogen and oxygen atoms in total. The standard InChI is InChI=1S/C23H30N6/c1-5-28(6-2)20-13-14-21(18(4)15-20)25-22-16-24-27-23(26-22)29(7-3)17-19-11-9-8-10-12-19/h8-16H,5-7,17H2,1-4H3,(H,25,26,27). The van der Waals surface area contributed by atoms with Crippen LogP contribution in [-0.2, 0) is 6.54 Å². The van der Waals surface area contributed by atoms with Gasteiger partial charge >= 0.3 is 0 Å². The zero-order valence-corrected chi connectivity index (χ0v) is 17.8. The number of rotatable bonds is 9. The summed E-state index contributed by atoms with van der Waals surface area (Å²) in [4.78, 5) is 9.15. The van der Waals surface area contributed by atoms with Crippen LogP contribution >= 0.6 is 0 Å². The summed E-state index contributed by atoms with van der Waals surface area (Å²) in [6.07, 6.45) is 1.66. The molecule has 1 N–H and O–H groups in total. The fourth-order valence-electron chi connectivity index (χ4n) is 3.33. The Balaban J connectivity index is 1.77. The van der Waals surface area contributed by atoms with Crippen LogP contribution in [0.25, 0.3) is 0 Å². The molecule has 0 aliphatic heterocycles. The van der Waals surface area contributed by atoms with E-state index in [1.54, 1.807) is 6.20 Å². The second kappa shape index (κ2) is 9.87. The predicted octanol–water partition coefficient (Wildman–Crippen LogP) is 4.80. The molecule has 3 rings (SSSR count). The van der Waals surface area contributed by atoms with E-state index in [0.29, 0.717) is 11.8 Å². The minimum atomic E-state index is 0.624. The summed E-state index contributed by atoms with van der Waals surface area (Å²) in [7, 11) is 0. The summed E-state index contributed by atoms with van der Waals surface area (Å²) in [5.41, 5.74) is 4.66. The number of hydrogen-bond donors (Lipinski definition) is 1. The number of benzene rings is 2. The van der Waals surface area contributed by atoms with Crippen LogP contribution in [0, 0.1) is 6.92 Å². The van der Waals surface area contributed by atoms with Gasteiger partial charge in [0.15, 0.2) is 5.82 Å². The molecule has 1 aromatic heterocycles. The Hall–Kier alpha value is -3.15. The summed E-state index contributed by atoms with van der Waals surface area (Å²) < 4.78 is 0. The number of nitrogens with zero attached hydrogens (tertiary/aromatic N) is 5. The molecular formula is C23H30N6. The number of aryl methyl sites for hydroxylation is 1. The zero-order valence-electron chi connectivity index (χ0n) is 17.8. The van der Waals surface area contributed by atoms with Gasteiger partial charge in [0, 0.05) is 37.6 Å². The number of aromatic nitrogens is 3. The van der Waals surface area contributed by atoms with E-state index in [1.165, 1.54) is 16.8 Å². The average molecular weight is 391 g/mol. The fourth-order valence-corrected chi connectivity index (χ4v) is 3.33. The Labute approximate surface area is 173 Å². The summed E-state index contributed by atoms with van der Waals surface area (Å²) in [5, 5.41) is 11.8. The van der Waals surface area contributed by atoms with E-state index in [-0.39, 0.29) is 0 Å². The largest absolute Gasteiger partial charge is 0.372 e. The topological polar surface area (TPSA) is 57.2 Å². The highest BCUT2D eigenvalue weighted by Crippen LogP contribution is 2.25. The first-order chi connectivity index (χ1) is 14.1. The molecule has 0 atom stereocenters. The Bertz CT molecular complexity index is 908. The molecule has 0 amide bonds. The Morgan fingerprint density at radius 1 is 0.897 bits per heavy atom. The first-order valence-electron chi connectivity index (χ1n) is 10.3. The summed E-state index contributed by atoms with van der Waals surface area (Å²) in [6.45, 7) is 12.1. The lowest BCUT2D eigenvalue weighted by molar-refractivity contribution is 0.771. The molecule has 0 aliphatic carbocycles. The van der Waals surface area contributed by atoms with Crippen LogP contribution < -0.4 is 15.1 Å². The van der Waals surface area contributed by atoms with E-state index in [1.807, 2.05) is 18.2 Å². The minimum Gasteiger partial charge on any atom is -0.372 e. The van der Waals surface area contributed by atoms with Crippen LogP contribution in [0.4, 0.5) is 23.1 Å². The molecule has 0 unspecified atom stereocenters. The molecular weight excluding hydrogens is 360 g/mol. The predicted molar refractivity (Wildman–Crippen MR) is 121 cm³/mol. The van der Waals surface area contributed by atoms with Crippen molar-refractivity contribution in [3.8, 4) is 0 Å². The second-order valence-electron chi connectivity index (χ2n) is 6.94. The monoisotopic (exact) mass is 390 g/mol.